The Hall–Kier alpha value is -3.34. The van der Waals surface area contributed by atoms with Crippen molar-refractivity contribution in [2.45, 2.75) is 13.8 Å². The Kier molecular flexibility index (Phi) is 4.74. The standard InChI is InChI=1S/C23H24N4O/c1-4-26(5-2)18-9-13-21-23(15-18)27(17-7-10-19(28-3)11-8-17)22-14-16(24)6-12-20(22)25-21/h6-15,24H,4-5H2,1-3H3/p+1. The zero-order chi connectivity index (χ0) is 19.7. The van der Waals surface area contributed by atoms with Gasteiger partial charge in [-0.25, -0.2) is 4.98 Å². The van der Waals surface area contributed by atoms with Gasteiger partial charge in [0.15, 0.2) is 0 Å². The molecule has 4 aromatic rings. The molecule has 4 rings (SSSR count). The first-order chi connectivity index (χ1) is 13.6. The molecular formula is C23H25N4O+. The summed E-state index contributed by atoms with van der Waals surface area (Å²) in [7, 11) is 1.68. The Morgan fingerprint density at radius 3 is 2.18 bits per heavy atom. The van der Waals surface area contributed by atoms with E-state index in [-0.39, 0.29) is 0 Å². The second-order valence-electron chi connectivity index (χ2n) is 6.74. The van der Waals surface area contributed by atoms with E-state index in [1.165, 1.54) is 5.69 Å². The van der Waals surface area contributed by atoms with E-state index in [4.69, 9.17) is 15.5 Å². The van der Waals surface area contributed by atoms with Crippen LogP contribution in [0.4, 0.5) is 11.4 Å². The minimum absolute atomic E-state index is 0.718. The van der Waals surface area contributed by atoms with Gasteiger partial charge < -0.3 is 15.4 Å². The molecule has 0 radical (unpaired) electrons. The Morgan fingerprint density at radius 2 is 1.54 bits per heavy atom. The first-order valence-corrected chi connectivity index (χ1v) is 9.59. The topological polar surface area (TPSA) is 55.3 Å². The van der Waals surface area contributed by atoms with Crippen molar-refractivity contribution in [2.75, 3.05) is 30.8 Å². The second-order valence-corrected chi connectivity index (χ2v) is 6.74. The second kappa shape index (κ2) is 7.35. The maximum Gasteiger partial charge on any atom is 0.239 e. The molecule has 5 heteroatoms. The van der Waals surface area contributed by atoms with Crippen LogP contribution in [0.25, 0.3) is 27.8 Å². The van der Waals surface area contributed by atoms with Crippen molar-refractivity contribution in [3.8, 4) is 11.4 Å². The largest absolute Gasteiger partial charge is 0.497 e. The van der Waals surface area contributed by atoms with Crippen LogP contribution in [0.3, 0.4) is 0 Å². The molecule has 0 saturated carbocycles. The fourth-order valence-electron chi connectivity index (χ4n) is 3.65. The van der Waals surface area contributed by atoms with Crippen LogP contribution in [0.1, 0.15) is 13.8 Å². The van der Waals surface area contributed by atoms with Crippen LogP contribution in [0.5, 0.6) is 5.75 Å². The van der Waals surface area contributed by atoms with Crippen molar-refractivity contribution in [3.05, 3.63) is 60.7 Å². The molecule has 0 unspecified atom stereocenters. The van der Waals surface area contributed by atoms with E-state index in [0.717, 1.165) is 52.3 Å². The van der Waals surface area contributed by atoms with E-state index in [1.807, 2.05) is 30.3 Å². The van der Waals surface area contributed by atoms with Gasteiger partial charge in [-0.3, -0.25) is 0 Å². The predicted molar refractivity (Wildman–Crippen MR) is 115 cm³/mol. The van der Waals surface area contributed by atoms with Crippen molar-refractivity contribution in [1.82, 2.24) is 4.98 Å². The van der Waals surface area contributed by atoms with Crippen molar-refractivity contribution in [2.24, 2.45) is 0 Å². The Bertz CT molecular complexity index is 1130. The summed E-state index contributed by atoms with van der Waals surface area (Å²) in [5.41, 5.74) is 12.9. The highest BCUT2D eigenvalue weighted by atomic mass is 16.5. The Morgan fingerprint density at radius 1 is 0.893 bits per heavy atom. The van der Waals surface area contributed by atoms with Crippen molar-refractivity contribution >= 4 is 33.4 Å². The van der Waals surface area contributed by atoms with E-state index in [9.17, 15) is 0 Å². The maximum atomic E-state index is 6.11. The van der Waals surface area contributed by atoms with Crippen molar-refractivity contribution < 1.29 is 9.30 Å². The third-order valence-electron chi connectivity index (χ3n) is 5.14. The lowest BCUT2D eigenvalue weighted by Crippen LogP contribution is -2.33. The number of hydrogen-bond donors (Lipinski definition) is 1. The summed E-state index contributed by atoms with van der Waals surface area (Å²) in [5.74, 6) is 0.829. The lowest BCUT2D eigenvalue weighted by atomic mass is 10.1. The van der Waals surface area contributed by atoms with Gasteiger partial charge in [0, 0.05) is 48.7 Å². The molecule has 1 heterocycles. The number of nitrogen functional groups attached to an aromatic ring is 1. The maximum absolute atomic E-state index is 6.11. The van der Waals surface area contributed by atoms with Gasteiger partial charge >= 0.3 is 0 Å². The van der Waals surface area contributed by atoms with Crippen LogP contribution in [-0.2, 0) is 0 Å². The van der Waals surface area contributed by atoms with E-state index < -0.39 is 0 Å². The molecule has 0 fully saturated rings. The summed E-state index contributed by atoms with van der Waals surface area (Å²) in [4.78, 5) is 7.21. The van der Waals surface area contributed by atoms with Crippen LogP contribution in [-0.4, -0.2) is 25.2 Å². The number of nitrogens with two attached hydrogens (primary N) is 1. The van der Waals surface area contributed by atoms with Crippen LogP contribution in [0.15, 0.2) is 60.7 Å². The van der Waals surface area contributed by atoms with Gasteiger partial charge in [-0.2, -0.15) is 0 Å². The SMILES string of the molecule is CCN(CC)c1ccc2nc3ccc(N)cc3[n+](-c3ccc(OC)cc3)c2c1. The average molecular weight is 373 g/mol. The molecule has 3 aromatic carbocycles. The fraction of sp³-hybridized carbons (Fsp3) is 0.217. The molecule has 28 heavy (non-hydrogen) atoms. The van der Waals surface area contributed by atoms with Gasteiger partial charge in [0.1, 0.15) is 16.8 Å². The summed E-state index contributed by atoms with van der Waals surface area (Å²) in [6, 6.07) is 20.4. The molecule has 0 bridgehead atoms. The van der Waals surface area contributed by atoms with Gasteiger partial charge in [-0.1, -0.05) is 0 Å². The van der Waals surface area contributed by atoms with Crippen LogP contribution < -0.4 is 19.9 Å². The minimum atomic E-state index is 0.718. The van der Waals surface area contributed by atoms with Crippen molar-refractivity contribution in [3.63, 3.8) is 0 Å². The lowest BCUT2D eigenvalue weighted by molar-refractivity contribution is -0.538. The zero-order valence-electron chi connectivity index (χ0n) is 16.5. The first kappa shape index (κ1) is 18.0. The molecule has 0 atom stereocenters. The van der Waals surface area contributed by atoms with Crippen LogP contribution >= 0.6 is 0 Å². The van der Waals surface area contributed by atoms with Gasteiger partial charge in [0.05, 0.1) is 7.11 Å². The van der Waals surface area contributed by atoms with E-state index in [0.29, 0.717) is 0 Å². The third-order valence-corrected chi connectivity index (χ3v) is 5.14. The molecule has 2 N–H and O–H groups in total. The summed E-state index contributed by atoms with van der Waals surface area (Å²) in [5, 5.41) is 0. The third kappa shape index (κ3) is 3.09. The minimum Gasteiger partial charge on any atom is -0.497 e. The molecule has 0 amide bonds. The number of nitrogens with zero attached hydrogens (tertiary/aromatic N) is 3. The van der Waals surface area contributed by atoms with Crippen LogP contribution in [0, 0.1) is 0 Å². The quantitative estimate of drug-likeness (QED) is 0.325. The Balaban J connectivity index is 2.07. The highest BCUT2D eigenvalue weighted by Crippen LogP contribution is 2.24. The van der Waals surface area contributed by atoms with Gasteiger partial charge in [-0.05, 0) is 50.2 Å². The zero-order valence-corrected chi connectivity index (χ0v) is 16.5. The van der Waals surface area contributed by atoms with E-state index in [1.54, 1.807) is 7.11 Å². The molecule has 0 aliphatic heterocycles. The smallest absolute Gasteiger partial charge is 0.239 e. The monoisotopic (exact) mass is 373 g/mol. The number of benzene rings is 3. The van der Waals surface area contributed by atoms with E-state index in [2.05, 4.69) is 53.6 Å². The number of methoxy groups -OCH3 is 1. The lowest BCUT2D eigenvalue weighted by Gasteiger charge is -2.20. The summed E-state index contributed by atoms with van der Waals surface area (Å²) < 4.78 is 7.55. The molecule has 0 aliphatic rings. The van der Waals surface area contributed by atoms with Gasteiger partial charge in [-0.15, -0.1) is 4.57 Å². The molecule has 0 aliphatic carbocycles. The normalized spacial score (nSPS) is 11.1. The highest BCUT2D eigenvalue weighted by molar-refractivity contribution is 5.85. The molecule has 0 spiro atoms. The number of fused-ring (bicyclic) bond motifs is 2. The number of anilines is 2. The number of rotatable bonds is 5. The predicted octanol–water partition coefficient (Wildman–Crippen LogP) is 4.10. The average Bonchev–Trinajstić information content (AvgIpc) is 2.73. The molecule has 5 nitrogen and oxygen atoms in total. The molecule has 0 saturated heterocycles. The summed E-state index contributed by atoms with van der Waals surface area (Å²) in [6.45, 7) is 6.26. The van der Waals surface area contributed by atoms with Crippen molar-refractivity contribution in [1.29, 1.82) is 0 Å². The Labute approximate surface area is 165 Å². The summed E-state index contributed by atoms with van der Waals surface area (Å²) >= 11 is 0. The van der Waals surface area contributed by atoms with Gasteiger partial charge in [0.25, 0.3) is 0 Å². The highest BCUT2D eigenvalue weighted by Gasteiger charge is 2.21. The number of ether oxygens (including phenoxy) is 1. The molecular weight excluding hydrogens is 348 g/mol. The summed E-state index contributed by atoms with van der Waals surface area (Å²) in [6.07, 6.45) is 0. The molecule has 142 valence electrons. The van der Waals surface area contributed by atoms with E-state index >= 15 is 0 Å². The first-order valence-electron chi connectivity index (χ1n) is 9.59. The van der Waals surface area contributed by atoms with Gasteiger partial charge in [0.2, 0.25) is 16.7 Å². The number of aromatic nitrogens is 2. The fourth-order valence-corrected chi connectivity index (χ4v) is 3.65. The molecule has 1 aromatic heterocycles. The number of hydrogen-bond acceptors (Lipinski definition) is 4. The van der Waals surface area contributed by atoms with Crippen LogP contribution in [0.2, 0.25) is 0 Å².